The molecule has 0 aliphatic heterocycles. The van der Waals surface area contributed by atoms with Gasteiger partial charge in [0, 0.05) is 11.7 Å². The van der Waals surface area contributed by atoms with Crippen LogP contribution in [-0.4, -0.2) is 11.9 Å². The van der Waals surface area contributed by atoms with E-state index in [0.717, 1.165) is 24.3 Å². The molecular formula is C16H24N2O. The number of hydrogen-bond acceptors (Lipinski definition) is 2. The van der Waals surface area contributed by atoms with Crippen molar-refractivity contribution in [2.45, 2.75) is 52.0 Å². The molecule has 0 aromatic heterocycles. The minimum absolute atomic E-state index is 0.0271. The second-order valence-electron chi connectivity index (χ2n) is 5.82. The lowest BCUT2D eigenvalue weighted by Gasteiger charge is -2.17. The van der Waals surface area contributed by atoms with E-state index in [-0.39, 0.29) is 5.91 Å². The maximum absolute atomic E-state index is 12.3. The third-order valence-electron chi connectivity index (χ3n) is 4.16. The lowest BCUT2D eigenvalue weighted by Crippen LogP contribution is -2.34. The summed E-state index contributed by atoms with van der Waals surface area (Å²) < 4.78 is 0. The molecule has 0 heterocycles. The average Bonchev–Trinajstić information content (AvgIpc) is 2.58. The highest BCUT2D eigenvalue weighted by molar-refractivity contribution is 5.99. The van der Waals surface area contributed by atoms with Crippen LogP contribution in [0.25, 0.3) is 0 Å². The molecule has 19 heavy (non-hydrogen) atoms. The summed E-state index contributed by atoms with van der Waals surface area (Å²) >= 11 is 0. The van der Waals surface area contributed by atoms with Crippen LogP contribution in [0.3, 0.4) is 0 Å². The van der Waals surface area contributed by atoms with Gasteiger partial charge in [-0.15, -0.1) is 0 Å². The Bertz CT molecular complexity index is 456. The molecule has 1 aliphatic carbocycles. The Morgan fingerprint density at radius 3 is 2.84 bits per heavy atom. The Labute approximate surface area is 115 Å². The zero-order chi connectivity index (χ0) is 13.8. The molecule has 1 fully saturated rings. The predicted octanol–water partition coefficient (Wildman–Crippen LogP) is 3.28. The number of nitrogen functional groups attached to an aromatic ring is 1. The molecule has 2 atom stereocenters. The first-order chi connectivity index (χ1) is 9.08. The maximum atomic E-state index is 12.3. The largest absolute Gasteiger partial charge is 0.398 e. The normalized spacial score (nSPS) is 23.7. The summed E-state index contributed by atoms with van der Waals surface area (Å²) in [6.45, 7) is 4.22. The topological polar surface area (TPSA) is 55.1 Å². The highest BCUT2D eigenvalue weighted by atomic mass is 16.1. The molecule has 0 spiro atoms. The fourth-order valence-electron chi connectivity index (χ4n) is 2.77. The first kappa shape index (κ1) is 13.9. The van der Waals surface area contributed by atoms with E-state index in [1.807, 2.05) is 19.1 Å². The van der Waals surface area contributed by atoms with Crippen LogP contribution in [0.15, 0.2) is 18.2 Å². The summed E-state index contributed by atoms with van der Waals surface area (Å²) in [6, 6.07) is 5.92. The van der Waals surface area contributed by atoms with Gasteiger partial charge in [0.15, 0.2) is 0 Å². The molecule has 1 saturated carbocycles. The summed E-state index contributed by atoms with van der Waals surface area (Å²) in [6.07, 6.45) is 5.85. The molecule has 0 radical (unpaired) electrons. The number of carbonyl (C=O) groups is 1. The van der Waals surface area contributed by atoms with Gasteiger partial charge in [-0.25, -0.2) is 0 Å². The molecule has 2 rings (SSSR count). The Balaban J connectivity index is 2.02. The van der Waals surface area contributed by atoms with E-state index < -0.39 is 0 Å². The van der Waals surface area contributed by atoms with Gasteiger partial charge in [-0.3, -0.25) is 4.79 Å². The Morgan fingerprint density at radius 2 is 2.05 bits per heavy atom. The third-order valence-corrected chi connectivity index (χ3v) is 4.16. The molecule has 104 valence electrons. The van der Waals surface area contributed by atoms with Gasteiger partial charge in [0.1, 0.15) is 0 Å². The van der Waals surface area contributed by atoms with Gasteiger partial charge in [0.05, 0.1) is 5.56 Å². The van der Waals surface area contributed by atoms with Crippen molar-refractivity contribution in [3.8, 4) is 0 Å². The number of benzene rings is 1. The number of aryl methyl sites for hydroxylation is 1. The Morgan fingerprint density at radius 1 is 1.26 bits per heavy atom. The smallest absolute Gasteiger partial charge is 0.253 e. The van der Waals surface area contributed by atoms with Gasteiger partial charge in [0.25, 0.3) is 5.91 Å². The molecule has 1 aliphatic rings. The standard InChI is InChI=1S/C16H24N2O/c1-11-5-3-7-13(10-9-11)18-16(19)14-8-4-6-12(2)15(14)17/h4,6,8,11,13H,3,5,7,9-10,17H2,1-2H3,(H,18,19). The summed E-state index contributed by atoms with van der Waals surface area (Å²) in [5, 5.41) is 3.14. The van der Waals surface area contributed by atoms with Gasteiger partial charge >= 0.3 is 0 Å². The second kappa shape index (κ2) is 6.09. The minimum atomic E-state index is -0.0271. The zero-order valence-electron chi connectivity index (χ0n) is 11.9. The van der Waals surface area contributed by atoms with E-state index in [1.165, 1.54) is 19.3 Å². The van der Waals surface area contributed by atoms with Gasteiger partial charge in [-0.1, -0.05) is 31.9 Å². The molecular weight excluding hydrogens is 236 g/mol. The van der Waals surface area contributed by atoms with E-state index in [4.69, 9.17) is 5.73 Å². The van der Waals surface area contributed by atoms with Crippen molar-refractivity contribution in [2.24, 2.45) is 5.92 Å². The van der Waals surface area contributed by atoms with Gasteiger partial charge in [-0.2, -0.15) is 0 Å². The maximum Gasteiger partial charge on any atom is 0.253 e. The van der Waals surface area contributed by atoms with Crippen LogP contribution >= 0.6 is 0 Å². The molecule has 1 aromatic rings. The van der Waals surface area contributed by atoms with Crippen LogP contribution in [0.1, 0.15) is 54.9 Å². The van der Waals surface area contributed by atoms with Crippen molar-refractivity contribution in [3.05, 3.63) is 29.3 Å². The number of nitrogens with two attached hydrogens (primary N) is 1. The lowest BCUT2D eigenvalue weighted by atomic mass is 10.0. The number of rotatable bonds is 2. The van der Waals surface area contributed by atoms with Gasteiger partial charge in [-0.05, 0) is 43.7 Å². The third kappa shape index (κ3) is 3.49. The van der Waals surface area contributed by atoms with E-state index in [0.29, 0.717) is 17.3 Å². The van der Waals surface area contributed by atoms with Crippen molar-refractivity contribution in [2.75, 3.05) is 5.73 Å². The van der Waals surface area contributed by atoms with Gasteiger partial charge in [0.2, 0.25) is 0 Å². The summed E-state index contributed by atoms with van der Waals surface area (Å²) in [4.78, 5) is 12.3. The van der Waals surface area contributed by atoms with Crippen molar-refractivity contribution >= 4 is 11.6 Å². The Kier molecular flexibility index (Phi) is 4.46. The molecule has 3 nitrogen and oxygen atoms in total. The number of nitrogens with one attached hydrogen (secondary N) is 1. The number of carbonyl (C=O) groups excluding carboxylic acids is 1. The highest BCUT2D eigenvalue weighted by Gasteiger charge is 2.19. The van der Waals surface area contributed by atoms with E-state index >= 15 is 0 Å². The van der Waals surface area contributed by atoms with Crippen LogP contribution in [-0.2, 0) is 0 Å². The monoisotopic (exact) mass is 260 g/mol. The number of amides is 1. The van der Waals surface area contributed by atoms with Crippen LogP contribution in [0.2, 0.25) is 0 Å². The quantitative estimate of drug-likeness (QED) is 0.633. The summed E-state index contributed by atoms with van der Waals surface area (Å²) in [5.74, 6) is 0.756. The van der Waals surface area contributed by atoms with Crippen LogP contribution in [0.4, 0.5) is 5.69 Å². The second-order valence-corrected chi connectivity index (χ2v) is 5.82. The molecule has 0 bridgehead atoms. The highest BCUT2D eigenvalue weighted by Crippen LogP contribution is 2.23. The zero-order valence-corrected chi connectivity index (χ0v) is 11.9. The van der Waals surface area contributed by atoms with Crippen LogP contribution < -0.4 is 11.1 Å². The number of para-hydroxylation sites is 1. The first-order valence-electron chi connectivity index (χ1n) is 7.24. The average molecular weight is 260 g/mol. The van der Waals surface area contributed by atoms with Crippen LogP contribution in [0.5, 0.6) is 0 Å². The van der Waals surface area contributed by atoms with Crippen LogP contribution in [0, 0.1) is 12.8 Å². The molecule has 3 N–H and O–H groups in total. The number of hydrogen-bond donors (Lipinski definition) is 2. The molecule has 1 amide bonds. The van der Waals surface area contributed by atoms with E-state index in [9.17, 15) is 4.79 Å². The molecule has 1 aromatic carbocycles. The van der Waals surface area contributed by atoms with Crippen molar-refractivity contribution in [1.82, 2.24) is 5.32 Å². The fraction of sp³-hybridized carbons (Fsp3) is 0.562. The minimum Gasteiger partial charge on any atom is -0.398 e. The molecule has 2 unspecified atom stereocenters. The Hall–Kier alpha value is -1.51. The summed E-state index contributed by atoms with van der Waals surface area (Å²) in [7, 11) is 0. The summed E-state index contributed by atoms with van der Waals surface area (Å²) in [5.41, 5.74) is 8.15. The first-order valence-corrected chi connectivity index (χ1v) is 7.24. The molecule has 3 heteroatoms. The van der Waals surface area contributed by atoms with Gasteiger partial charge < -0.3 is 11.1 Å². The van der Waals surface area contributed by atoms with Crippen molar-refractivity contribution in [3.63, 3.8) is 0 Å². The number of anilines is 1. The lowest BCUT2D eigenvalue weighted by molar-refractivity contribution is 0.0934. The SMILES string of the molecule is Cc1cccc(C(=O)NC2CCCC(C)CC2)c1N. The van der Waals surface area contributed by atoms with E-state index in [1.54, 1.807) is 6.07 Å². The van der Waals surface area contributed by atoms with Crippen molar-refractivity contribution in [1.29, 1.82) is 0 Å². The fourth-order valence-corrected chi connectivity index (χ4v) is 2.77. The molecule has 0 saturated heterocycles. The van der Waals surface area contributed by atoms with Crippen molar-refractivity contribution < 1.29 is 4.79 Å². The van der Waals surface area contributed by atoms with E-state index in [2.05, 4.69) is 12.2 Å². The predicted molar refractivity (Wildman–Crippen MR) is 79.1 cm³/mol.